The molecule has 4 N–H and O–H groups in total. The fraction of sp³-hybridized carbons (Fsp3) is 0. The van der Waals surface area contributed by atoms with Gasteiger partial charge in [-0.25, -0.2) is 15.6 Å². The number of carboxylic acid groups (broad SMARTS) is 1. The molecule has 0 bridgehead atoms. The van der Waals surface area contributed by atoms with Crippen molar-refractivity contribution in [2.45, 2.75) is 0 Å². The molecule has 0 aliphatic heterocycles. The van der Waals surface area contributed by atoms with Gasteiger partial charge >= 0.3 is 5.97 Å². The van der Waals surface area contributed by atoms with Gasteiger partial charge in [-0.05, 0) is 0 Å². The fourth-order valence-corrected chi connectivity index (χ4v) is 1.09. The predicted molar refractivity (Wildman–Crippen MR) is 36.9 cm³/mol. The van der Waals surface area contributed by atoms with Gasteiger partial charge in [-0.15, -0.1) is 11.3 Å². The zero-order valence-electron chi connectivity index (χ0n) is 4.87. The number of rotatable bonds is 2. The molecular weight excluding hydrogens is 154 g/mol. The minimum absolute atomic E-state index is 0.127. The van der Waals surface area contributed by atoms with Crippen LogP contribution in [0.4, 0.5) is 5.82 Å². The Hall–Kier alpha value is -1.14. The van der Waals surface area contributed by atoms with Gasteiger partial charge in [0.05, 0.1) is 5.51 Å². The van der Waals surface area contributed by atoms with E-state index in [1.54, 1.807) is 0 Å². The van der Waals surface area contributed by atoms with Crippen molar-refractivity contribution < 1.29 is 9.90 Å². The fourth-order valence-electron chi connectivity index (χ4n) is 0.501. The predicted octanol–water partition coefficient (Wildman–Crippen LogP) is 0.127. The molecule has 0 aliphatic rings. The van der Waals surface area contributed by atoms with E-state index < -0.39 is 5.97 Å². The zero-order valence-corrected chi connectivity index (χ0v) is 5.68. The largest absolute Gasteiger partial charge is 0.477 e. The summed E-state index contributed by atoms with van der Waals surface area (Å²) in [5, 5.41) is 8.46. The van der Waals surface area contributed by atoms with Crippen LogP contribution in [0.1, 0.15) is 9.67 Å². The summed E-state index contributed by atoms with van der Waals surface area (Å²) in [6.07, 6.45) is 0. The molecule has 1 aromatic rings. The summed E-state index contributed by atoms with van der Waals surface area (Å²) in [5.74, 6) is 4.15. The van der Waals surface area contributed by atoms with Gasteiger partial charge in [0, 0.05) is 0 Å². The molecule has 0 unspecified atom stereocenters. The number of carbonyl (C=O) groups is 1. The second-order valence-electron chi connectivity index (χ2n) is 1.48. The van der Waals surface area contributed by atoms with Gasteiger partial charge in [-0.3, -0.25) is 0 Å². The molecule has 0 atom stereocenters. The van der Waals surface area contributed by atoms with Crippen LogP contribution in [0.15, 0.2) is 5.51 Å². The highest BCUT2D eigenvalue weighted by molar-refractivity contribution is 7.12. The summed E-state index contributed by atoms with van der Waals surface area (Å²) in [7, 11) is 0. The minimum Gasteiger partial charge on any atom is -0.477 e. The molecule has 0 amide bonds. The summed E-state index contributed by atoms with van der Waals surface area (Å²) < 4.78 is 0. The van der Waals surface area contributed by atoms with Gasteiger partial charge in [0.25, 0.3) is 0 Å². The Kier molecular flexibility index (Phi) is 1.83. The van der Waals surface area contributed by atoms with E-state index in [-0.39, 0.29) is 10.7 Å². The number of hydrogen-bond acceptors (Lipinski definition) is 5. The summed E-state index contributed by atoms with van der Waals surface area (Å²) in [4.78, 5) is 14.1. The maximum atomic E-state index is 10.3. The van der Waals surface area contributed by atoms with Crippen molar-refractivity contribution in [3.8, 4) is 0 Å². The number of hydrogen-bond donors (Lipinski definition) is 3. The number of nitrogens with two attached hydrogens (primary N) is 1. The number of hydrazine groups is 1. The number of thiazole rings is 1. The Balaban J connectivity index is 3.01. The molecule has 10 heavy (non-hydrogen) atoms. The molecule has 0 aromatic carbocycles. The molecular formula is C4H5N3O2S. The SMILES string of the molecule is NNc1ncsc1C(=O)O. The first kappa shape index (κ1) is 6.97. The normalized spacial score (nSPS) is 9.30. The van der Waals surface area contributed by atoms with Crippen LogP contribution in [-0.4, -0.2) is 16.1 Å². The van der Waals surface area contributed by atoms with Crippen molar-refractivity contribution >= 4 is 23.1 Å². The third-order valence-electron chi connectivity index (χ3n) is 0.898. The lowest BCUT2D eigenvalue weighted by molar-refractivity contribution is 0.0703. The molecule has 0 radical (unpaired) electrons. The molecule has 0 saturated heterocycles. The topological polar surface area (TPSA) is 88.2 Å². The van der Waals surface area contributed by atoms with Gasteiger partial charge in [0.15, 0.2) is 10.7 Å². The van der Waals surface area contributed by atoms with Crippen molar-refractivity contribution in [3.63, 3.8) is 0 Å². The Morgan fingerprint density at radius 3 is 3.00 bits per heavy atom. The summed E-state index contributed by atoms with van der Waals surface area (Å²) in [6, 6.07) is 0. The third-order valence-corrected chi connectivity index (χ3v) is 1.71. The summed E-state index contributed by atoms with van der Waals surface area (Å²) in [5.41, 5.74) is 3.59. The van der Waals surface area contributed by atoms with Crippen molar-refractivity contribution in [2.24, 2.45) is 5.84 Å². The quantitative estimate of drug-likeness (QED) is 0.421. The average Bonchev–Trinajstić information content (AvgIpc) is 2.33. The Morgan fingerprint density at radius 2 is 2.60 bits per heavy atom. The number of anilines is 1. The smallest absolute Gasteiger partial charge is 0.349 e. The van der Waals surface area contributed by atoms with Crippen molar-refractivity contribution in [3.05, 3.63) is 10.4 Å². The second-order valence-corrected chi connectivity index (χ2v) is 2.33. The van der Waals surface area contributed by atoms with E-state index in [2.05, 4.69) is 10.4 Å². The second kappa shape index (κ2) is 2.63. The van der Waals surface area contributed by atoms with E-state index in [4.69, 9.17) is 10.9 Å². The molecule has 0 spiro atoms. The highest BCUT2D eigenvalue weighted by Crippen LogP contribution is 2.16. The molecule has 5 nitrogen and oxygen atoms in total. The molecule has 0 fully saturated rings. The molecule has 6 heteroatoms. The van der Waals surface area contributed by atoms with E-state index >= 15 is 0 Å². The van der Waals surface area contributed by atoms with Gasteiger partial charge in [0.2, 0.25) is 0 Å². The van der Waals surface area contributed by atoms with Crippen molar-refractivity contribution in [1.82, 2.24) is 4.98 Å². The van der Waals surface area contributed by atoms with Crippen LogP contribution in [0.2, 0.25) is 0 Å². The zero-order chi connectivity index (χ0) is 7.56. The molecule has 0 aliphatic carbocycles. The van der Waals surface area contributed by atoms with E-state index in [0.717, 1.165) is 11.3 Å². The molecule has 1 heterocycles. The first-order valence-electron chi connectivity index (χ1n) is 2.39. The first-order valence-corrected chi connectivity index (χ1v) is 3.27. The van der Waals surface area contributed by atoms with Crippen LogP contribution in [0.5, 0.6) is 0 Å². The Morgan fingerprint density at radius 1 is 1.90 bits per heavy atom. The van der Waals surface area contributed by atoms with Crippen LogP contribution in [0, 0.1) is 0 Å². The van der Waals surface area contributed by atoms with E-state index in [9.17, 15) is 4.79 Å². The summed E-state index contributed by atoms with van der Waals surface area (Å²) >= 11 is 1.03. The van der Waals surface area contributed by atoms with Gasteiger partial charge in [-0.1, -0.05) is 0 Å². The monoisotopic (exact) mass is 159 g/mol. The average molecular weight is 159 g/mol. The number of nitrogens with one attached hydrogen (secondary N) is 1. The van der Waals surface area contributed by atoms with Gasteiger partial charge in [-0.2, -0.15) is 0 Å². The third kappa shape index (κ3) is 1.07. The highest BCUT2D eigenvalue weighted by atomic mass is 32.1. The number of carboxylic acids is 1. The van der Waals surface area contributed by atoms with E-state index in [1.807, 2.05) is 0 Å². The van der Waals surface area contributed by atoms with E-state index in [0.29, 0.717) is 0 Å². The molecule has 0 saturated carbocycles. The lowest BCUT2D eigenvalue weighted by atomic mass is 10.5. The standard InChI is InChI=1S/C4H5N3O2S/c5-7-3-2(4(8)9)10-1-6-3/h1,7H,5H2,(H,8,9). The van der Waals surface area contributed by atoms with Crippen LogP contribution in [0.25, 0.3) is 0 Å². The molecule has 1 aromatic heterocycles. The van der Waals surface area contributed by atoms with Gasteiger partial charge in [0.1, 0.15) is 0 Å². The number of aromatic carboxylic acids is 1. The van der Waals surface area contributed by atoms with Gasteiger partial charge < -0.3 is 10.5 Å². The van der Waals surface area contributed by atoms with E-state index in [1.165, 1.54) is 5.51 Å². The lowest BCUT2D eigenvalue weighted by Gasteiger charge is -1.92. The number of nitrogens with zero attached hydrogens (tertiary/aromatic N) is 1. The van der Waals surface area contributed by atoms with Crippen LogP contribution < -0.4 is 11.3 Å². The first-order chi connectivity index (χ1) is 4.75. The van der Waals surface area contributed by atoms with Crippen LogP contribution >= 0.6 is 11.3 Å². The van der Waals surface area contributed by atoms with Crippen LogP contribution in [0.3, 0.4) is 0 Å². The number of nitrogen functional groups attached to an aromatic ring is 1. The lowest BCUT2D eigenvalue weighted by Crippen LogP contribution is -2.10. The maximum absolute atomic E-state index is 10.3. The Labute approximate surface area is 60.5 Å². The molecule has 1 rings (SSSR count). The highest BCUT2D eigenvalue weighted by Gasteiger charge is 2.10. The van der Waals surface area contributed by atoms with Crippen molar-refractivity contribution in [1.29, 1.82) is 0 Å². The molecule has 54 valence electrons. The Bertz CT molecular complexity index is 246. The number of aromatic nitrogens is 1. The van der Waals surface area contributed by atoms with Crippen molar-refractivity contribution in [2.75, 3.05) is 5.43 Å². The maximum Gasteiger partial charge on any atom is 0.349 e. The minimum atomic E-state index is -1.02. The van der Waals surface area contributed by atoms with Crippen LogP contribution in [-0.2, 0) is 0 Å². The summed E-state index contributed by atoms with van der Waals surface area (Å²) in [6.45, 7) is 0.